The summed E-state index contributed by atoms with van der Waals surface area (Å²) in [4.78, 5) is 24.2. The van der Waals surface area contributed by atoms with Gasteiger partial charge in [-0.15, -0.1) is 0 Å². The first-order chi connectivity index (χ1) is 9.97. The molecule has 4 unspecified atom stereocenters. The van der Waals surface area contributed by atoms with Crippen molar-refractivity contribution >= 4 is 11.9 Å². The molecular weight excluding hydrogens is 272 g/mol. The highest BCUT2D eigenvalue weighted by molar-refractivity contribution is 5.84. The van der Waals surface area contributed by atoms with E-state index in [1.54, 1.807) is 0 Å². The van der Waals surface area contributed by atoms with E-state index in [9.17, 15) is 9.59 Å². The third-order valence-corrected chi connectivity index (χ3v) is 4.49. The lowest BCUT2D eigenvalue weighted by Crippen LogP contribution is -2.40. The van der Waals surface area contributed by atoms with Crippen LogP contribution in [0.1, 0.15) is 46.5 Å². The molecule has 1 saturated heterocycles. The maximum absolute atomic E-state index is 12.2. The van der Waals surface area contributed by atoms with Crippen molar-refractivity contribution < 1.29 is 23.8 Å². The van der Waals surface area contributed by atoms with E-state index in [0.717, 1.165) is 19.3 Å². The van der Waals surface area contributed by atoms with Gasteiger partial charge >= 0.3 is 11.9 Å². The van der Waals surface area contributed by atoms with Crippen LogP contribution < -0.4 is 0 Å². The number of ether oxygens (including phenoxy) is 3. The minimum Gasteiger partial charge on any atom is -0.463 e. The second-order valence-electron chi connectivity index (χ2n) is 6.52. The van der Waals surface area contributed by atoms with Gasteiger partial charge in [0.2, 0.25) is 0 Å². The van der Waals surface area contributed by atoms with Gasteiger partial charge in [-0.05, 0) is 25.7 Å². The van der Waals surface area contributed by atoms with E-state index < -0.39 is 0 Å². The molecule has 4 atom stereocenters. The summed E-state index contributed by atoms with van der Waals surface area (Å²) in [5.41, 5.74) is -0.388. The third kappa shape index (κ3) is 3.76. The maximum atomic E-state index is 12.2. The van der Waals surface area contributed by atoms with E-state index in [-0.39, 0.29) is 41.9 Å². The van der Waals surface area contributed by atoms with E-state index in [4.69, 9.17) is 14.2 Å². The molecule has 1 aliphatic heterocycles. The summed E-state index contributed by atoms with van der Waals surface area (Å²) >= 11 is 0. The van der Waals surface area contributed by atoms with Gasteiger partial charge in [0.05, 0.1) is 18.4 Å². The zero-order valence-corrected chi connectivity index (χ0v) is 13.2. The monoisotopic (exact) mass is 298 g/mol. The number of rotatable bonds is 7. The van der Waals surface area contributed by atoms with E-state index in [1.807, 2.05) is 13.8 Å². The number of hydrogen-bond donors (Lipinski definition) is 0. The van der Waals surface area contributed by atoms with Crippen molar-refractivity contribution in [3.63, 3.8) is 0 Å². The SMILES string of the molecule is CCCCOCCOC(=O)C1C(C)CC2(C)CC1C(=O)O2. The molecule has 0 radical (unpaired) electrons. The van der Waals surface area contributed by atoms with Crippen molar-refractivity contribution in [2.24, 2.45) is 17.8 Å². The van der Waals surface area contributed by atoms with Crippen molar-refractivity contribution in [3.8, 4) is 0 Å². The molecule has 0 amide bonds. The Bertz CT molecular complexity index is 394. The number of esters is 2. The number of carbonyl (C=O) groups is 2. The molecule has 2 aliphatic rings. The lowest BCUT2D eigenvalue weighted by Gasteiger charge is -2.34. The molecule has 1 heterocycles. The predicted molar refractivity (Wildman–Crippen MR) is 76.6 cm³/mol. The summed E-state index contributed by atoms with van der Waals surface area (Å²) in [6, 6.07) is 0. The second-order valence-corrected chi connectivity index (χ2v) is 6.52. The summed E-state index contributed by atoms with van der Waals surface area (Å²) in [7, 11) is 0. The Morgan fingerprint density at radius 2 is 2.10 bits per heavy atom. The van der Waals surface area contributed by atoms with E-state index in [2.05, 4.69) is 6.92 Å². The second kappa shape index (κ2) is 6.77. The van der Waals surface area contributed by atoms with Gasteiger partial charge in [0.15, 0.2) is 0 Å². The highest BCUT2D eigenvalue weighted by Gasteiger charge is 2.56. The zero-order valence-electron chi connectivity index (χ0n) is 13.2. The summed E-state index contributed by atoms with van der Waals surface area (Å²) in [6.07, 6.45) is 3.45. The minimum absolute atomic E-state index is 0.105. The quantitative estimate of drug-likeness (QED) is 0.533. The van der Waals surface area contributed by atoms with Crippen molar-refractivity contribution in [1.82, 2.24) is 0 Å². The average Bonchev–Trinajstić information content (AvgIpc) is 2.64. The van der Waals surface area contributed by atoms with Crippen LogP contribution in [-0.2, 0) is 23.8 Å². The summed E-state index contributed by atoms with van der Waals surface area (Å²) in [5.74, 6) is -1.14. The third-order valence-electron chi connectivity index (χ3n) is 4.49. The van der Waals surface area contributed by atoms with Gasteiger partial charge < -0.3 is 14.2 Å². The summed E-state index contributed by atoms with van der Waals surface area (Å²) in [5, 5.41) is 0. The molecule has 2 fully saturated rings. The molecule has 1 aliphatic carbocycles. The fourth-order valence-electron chi connectivity index (χ4n) is 3.55. The number of hydrogen-bond acceptors (Lipinski definition) is 5. The first kappa shape index (κ1) is 16.3. The van der Waals surface area contributed by atoms with E-state index in [1.165, 1.54) is 0 Å². The van der Waals surface area contributed by atoms with Crippen LogP contribution in [0.2, 0.25) is 0 Å². The molecule has 2 rings (SSSR count). The van der Waals surface area contributed by atoms with Crippen molar-refractivity contribution in [2.45, 2.75) is 52.1 Å². The zero-order chi connectivity index (χ0) is 15.5. The molecule has 0 aromatic carbocycles. The Labute approximate surface area is 126 Å². The maximum Gasteiger partial charge on any atom is 0.310 e. The largest absolute Gasteiger partial charge is 0.463 e. The minimum atomic E-state index is -0.388. The van der Waals surface area contributed by atoms with Crippen LogP contribution >= 0.6 is 0 Å². The van der Waals surface area contributed by atoms with Gasteiger partial charge in [-0.2, -0.15) is 0 Å². The highest BCUT2D eigenvalue weighted by Crippen LogP contribution is 2.48. The van der Waals surface area contributed by atoms with E-state index in [0.29, 0.717) is 19.6 Å². The van der Waals surface area contributed by atoms with Gasteiger partial charge in [0.25, 0.3) is 0 Å². The fraction of sp³-hybridized carbons (Fsp3) is 0.875. The molecule has 5 nitrogen and oxygen atoms in total. The molecule has 2 bridgehead atoms. The Kier molecular flexibility index (Phi) is 5.25. The van der Waals surface area contributed by atoms with Crippen LogP contribution in [0, 0.1) is 17.8 Å². The summed E-state index contributed by atoms with van der Waals surface area (Å²) < 4.78 is 16.1. The van der Waals surface area contributed by atoms with Gasteiger partial charge in [-0.1, -0.05) is 20.3 Å². The Hall–Kier alpha value is -1.10. The highest BCUT2D eigenvalue weighted by atomic mass is 16.6. The topological polar surface area (TPSA) is 61.8 Å². The van der Waals surface area contributed by atoms with Crippen molar-refractivity contribution in [3.05, 3.63) is 0 Å². The van der Waals surface area contributed by atoms with Crippen LogP contribution in [0.5, 0.6) is 0 Å². The normalized spacial score (nSPS) is 34.6. The molecule has 0 spiro atoms. The van der Waals surface area contributed by atoms with Crippen LogP contribution in [-0.4, -0.2) is 37.4 Å². The fourth-order valence-corrected chi connectivity index (χ4v) is 3.55. The van der Waals surface area contributed by atoms with Gasteiger partial charge in [0, 0.05) is 13.0 Å². The molecular formula is C16H26O5. The lowest BCUT2D eigenvalue weighted by atomic mass is 9.69. The van der Waals surface area contributed by atoms with Crippen LogP contribution in [0.25, 0.3) is 0 Å². The van der Waals surface area contributed by atoms with E-state index >= 15 is 0 Å². The number of unbranched alkanes of at least 4 members (excludes halogenated alkanes) is 1. The first-order valence-electron chi connectivity index (χ1n) is 7.94. The van der Waals surface area contributed by atoms with Gasteiger partial charge in [-0.3, -0.25) is 9.59 Å². The molecule has 21 heavy (non-hydrogen) atoms. The number of carbonyl (C=O) groups excluding carboxylic acids is 2. The predicted octanol–water partition coefficient (Wildman–Crippen LogP) is 2.32. The van der Waals surface area contributed by atoms with Gasteiger partial charge in [-0.25, -0.2) is 0 Å². The Morgan fingerprint density at radius 3 is 2.81 bits per heavy atom. The molecule has 0 aromatic rings. The molecule has 1 saturated carbocycles. The van der Waals surface area contributed by atoms with Gasteiger partial charge in [0.1, 0.15) is 12.2 Å². The Balaban J connectivity index is 1.80. The molecule has 0 N–H and O–H groups in total. The van der Waals surface area contributed by atoms with Crippen LogP contribution in [0.3, 0.4) is 0 Å². The van der Waals surface area contributed by atoms with Crippen molar-refractivity contribution in [2.75, 3.05) is 19.8 Å². The van der Waals surface area contributed by atoms with Crippen molar-refractivity contribution in [1.29, 1.82) is 0 Å². The molecule has 5 heteroatoms. The smallest absolute Gasteiger partial charge is 0.310 e. The average molecular weight is 298 g/mol. The first-order valence-corrected chi connectivity index (χ1v) is 7.94. The summed E-state index contributed by atoms with van der Waals surface area (Å²) in [6.45, 7) is 7.41. The number of fused-ring (bicyclic) bond motifs is 2. The lowest BCUT2D eigenvalue weighted by molar-refractivity contribution is -0.158. The molecule has 120 valence electrons. The Morgan fingerprint density at radius 1 is 1.33 bits per heavy atom. The standard InChI is InChI=1S/C16H26O5/c1-4-5-6-19-7-8-20-15(18)13-11(2)9-16(3)10-12(13)14(17)21-16/h11-13H,4-10H2,1-3H3. The van der Waals surface area contributed by atoms with Crippen LogP contribution in [0.15, 0.2) is 0 Å². The molecule has 0 aromatic heterocycles. The van der Waals surface area contributed by atoms with Crippen LogP contribution in [0.4, 0.5) is 0 Å².